The first-order valence-corrected chi connectivity index (χ1v) is 9.72. The van der Waals surface area contributed by atoms with Crippen molar-refractivity contribution in [3.63, 3.8) is 0 Å². The van der Waals surface area contributed by atoms with Crippen LogP contribution in [-0.2, 0) is 0 Å². The number of hydrogen-bond acceptors (Lipinski definition) is 7. The number of nitro groups is 1. The van der Waals surface area contributed by atoms with E-state index in [-0.39, 0.29) is 28.3 Å². The maximum absolute atomic E-state index is 12.3. The summed E-state index contributed by atoms with van der Waals surface area (Å²) in [6.07, 6.45) is 1.06. The minimum atomic E-state index is -0.649. The van der Waals surface area contributed by atoms with Gasteiger partial charge in [-0.25, -0.2) is 5.43 Å². The number of amides is 2. The Labute approximate surface area is 192 Å². The highest BCUT2D eigenvalue weighted by Gasteiger charge is 2.16. The monoisotopic (exact) mass is 468 g/mol. The van der Waals surface area contributed by atoms with Crippen LogP contribution in [0.15, 0.2) is 65.8 Å². The average molecular weight is 469 g/mol. The van der Waals surface area contributed by atoms with Crippen LogP contribution < -0.4 is 15.5 Å². The molecule has 0 aliphatic carbocycles. The third-order valence-electron chi connectivity index (χ3n) is 4.41. The number of nitrogens with one attached hydrogen (secondary N) is 2. The number of nitro benzene ring substituents is 1. The highest BCUT2D eigenvalue weighted by molar-refractivity contribution is 6.34. The Morgan fingerprint density at radius 2 is 1.82 bits per heavy atom. The highest BCUT2D eigenvalue weighted by atomic mass is 35.5. The van der Waals surface area contributed by atoms with E-state index in [0.29, 0.717) is 16.3 Å². The molecule has 0 saturated heterocycles. The van der Waals surface area contributed by atoms with Gasteiger partial charge in [0.05, 0.1) is 34.9 Å². The zero-order valence-electron chi connectivity index (χ0n) is 17.1. The van der Waals surface area contributed by atoms with E-state index >= 15 is 0 Å². The van der Waals surface area contributed by atoms with E-state index in [2.05, 4.69) is 15.8 Å². The molecule has 0 spiro atoms. The summed E-state index contributed by atoms with van der Waals surface area (Å²) in [5.74, 6) is -1.44. The molecule has 0 aliphatic rings. The van der Waals surface area contributed by atoms with Gasteiger partial charge in [-0.15, -0.1) is 0 Å². The zero-order chi connectivity index (χ0) is 24.0. The third-order valence-corrected chi connectivity index (χ3v) is 4.74. The summed E-state index contributed by atoms with van der Waals surface area (Å²) in [5, 5.41) is 27.8. The van der Waals surface area contributed by atoms with Crippen LogP contribution in [0.5, 0.6) is 11.5 Å². The number of hydrazone groups is 1. The molecule has 0 fully saturated rings. The molecule has 0 heterocycles. The number of phenols is 1. The van der Waals surface area contributed by atoms with Gasteiger partial charge in [0, 0.05) is 22.9 Å². The normalized spacial score (nSPS) is 10.6. The summed E-state index contributed by atoms with van der Waals surface area (Å²) in [4.78, 5) is 35.0. The molecule has 0 saturated carbocycles. The lowest BCUT2D eigenvalue weighted by molar-refractivity contribution is -0.385. The third kappa shape index (κ3) is 5.63. The van der Waals surface area contributed by atoms with Gasteiger partial charge < -0.3 is 15.2 Å². The fourth-order valence-electron chi connectivity index (χ4n) is 2.75. The second kappa shape index (κ2) is 10.2. The molecule has 0 atom stereocenters. The molecule has 3 N–H and O–H groups in total. The predicted molar refractivity (Wildman–Crippen MR) is 122 cm³/mol. The van der Waals surface area contributed by atoms with E-state index in [1.54, 1.807) is 24.3 Å². The van der Waals surface area contributed by atoms with E-state index in [0.717, 1.165) is 18.3 Å². The van der Waals surface area contributed by atoms with Gasteiger partial charge in [-0.2, -0.15) is 5.10 Å². The summed E-state index contributed by atoms with van der Waals surface area (Å²) >= 11 is 6.01. The van der Waals surface area contributed by atoms with Crippen molar-refractivity contribution in [1.82, 2.24) is 5.43 Å². The minimum absolute atomic E-state index is 0.0148. The van der Waals surface area contributed by atoms with Crippen LogP contribution in [0, 0.1) is 10.1 Å². The van der Waals surface area contributed by atoms with Gasteiger partial charge in [0.25, 0.3) is 17.5 Å². The SMILES string of the molecule is COc1cc([N+](=O)[O-])cc(/C=N/NC(=O)c2ccc(NC(=O)c3ccccc3Cl)cc2)c1O. The van der Waals surface area contributed by atoms with Crippen molar-refractivity contribution in [3.8, 4) is 11.5 Å². The van der Waals surface area contributed by atoms with Gasteiger partial charge in [-0.3, -0.25) is 19.7 Å². The Hall–Kier alpha value is -4.44. The number of phenolic OH excluding ortho intramolecular Hbond substituents is 1. The Morgan fingerprint density at radius 3 is 2.45 bits per heavy atom. The molecule has 0 aliphatic heterocycles. The van der Waals surface area contributed by atoms with Crippen LogP contribution in [0.4, 0.5) is 11.4 Å². The number of rotatable bonds is 7. The van der Waals surface area contributed by atoms with Gasteiger partial charge in [-0.05, 0) is 36.4 Å². The van der Waals surface area contributed by atoms with Crippen molar-refractivity contribution < 1.29 is 24.4 Å². The maximum Gasteiger partial charge on any atom is 0.274 e. The summed E-state index contributed by atoms with van der Waals surface area (Å²) in [5.41, 5.74) is 2.94. The first-order chi connectivity index (χ1) is 15.8. The van der Waals surface area contributed by atoms with E-state index in [1.165, 1.54) is 31.4 Å². The van der Waals surface area contributed by atoms with E-state index in [9.17, 15) is 24.8 Å². The standard InChI is InChI=1S/C22H17ClN4O6/c1-33-19-11-16(27(31)32)10-14(20(19)28)12-24-26-21(29)13-6-8-15(9-7-13)25-22(30)17-4-2-3-5-18(17)23/h2-12,28H,1H3,(H,25,30)(H,26,29)/b24-12+. The van der Waals surface area contributed by atoms with Crippen molar-refractivity contribution in [3.05, 3.63) is 92.5 Å². The molecule has 0 unspecified atom stereocenters. The lowest BCUT2D eigenvalue weighted by atomic mass is 10.1. The number of ether oxygens (including phenoxy) is 1. The molecule has 3 aromatic carbocycles. The lowest BCUT2D eigenvalue weighted by Crippen LogP contribution is -2.18. The zero-order valence-corrected chi connectivity index (χ0v) is 17.9. The first-order valence-electron chi connectivity index (χ1n) is 9.35. The van der Waals surface area contributed by atoms with Crippen LogP contribution in [0.2, 0.25) is 5.02 Å². The molecule has 3 rings (SSSR count). The largest absolute Gasteiger partial charge is 0.504 e. The number of hydrogen-bond donors (Lipinski definition) is 3. The average Bonchev–Trinajstić information content (AvgIpc) is 2.80. The number of halogens is 1. The Balaban J connectivity index is 1.66. The van der Waals surface area contributed by atoms with Crippen molar-refractivity contribution in [2.75, 3.05) is 12.4 Å². The predicted octanol–water partition coefficient (Wildman–Crippen LogP) is 3.98. The second-order valence-corrected chi connectivity index (χ2v) is 6.96. The number of carbonyl (C=O) groups is 2. The Kier molecular flexibility index (Phi) is 7.21. The number of methoxy groups -OCH3 is 1. The molecule has 0 aromatic heterocycles. The molecule has 10 nitrogen and oxygen atoms in total. The van der Waals surface area contributed by atoms with Gasteiger partial charge in [0.15, 0.2) is 11.5 Å². The summed E-state index contributed by atoms with van der Waals surface area (Å²) in [6, 6.07) is 14.8. The van der Waals surface area contributed by atoms with Crippen molar-refractivity contribution in [2.24, 2.45) is 5.10 Å². The Morgan fingerprint density at radius 1 is 1.12 bits per heavy atom. The molecular weight excluding hydrogens is 452 g/mol. The molecule has 33 heavy (non-hydrogen) atoms. The number of carbonyl (C=O) groups excluding carboxylic acids is 2. The molecule has 0 radical (unpaired) electrons. The number of benzene rings is 3. The van der Waals surface area contributed by atoms with E-state index in [1.807, 2.05) is 0 Å². The van der Waals surface area contributed by atoms with Gasteiger partial charge in [-0.1, -0.05) is 23.7 Å². The van der Waals surface area contributed by atoms with Crippen molar-refractivity contribution in [2.45, 2.75) is 0 Å². The fourth-order valence-corrected chi connectivity index (χ4v) is 2.97. The van der Waals surface area contributed by atoms with E-state index < -0.39 is 16.7 Å². The molecule has 11 heteroatoms. The minimum Gasteiger partial charge on any atom is -0.504 e. The topological polar surface area (TPSA) is 143 Å². The van der Waals surface area contributed by atoms with Crippen LogP contribution in [0.1, 0.15) is 26.3 Å². The van der Waals surface area contributed by atoms with Gasteiger partial charge in [0.2, 0.25) is 0 Å². The van der Waals surface area contributed by atoms with Gasteiger partial charge >= 0.3 is 0 Å². The van der Waals surface area contributed by atoms with Crippen LogP contribution >= 0.6 is 11.6 Å². The van der Waals surface area contributed by atoms with Crippen LogP contribution in [0.3, 0.4) is 0 Å². The number of non-ortho nitro benzene ring substituents is 1. The van der Waals surface area contributed by atoms with E-state index in [4.69, 9.17) is 16.3 Å². The molecule has 3 aromatic rings. The maximum atomic E-state index is 12.3. The number of nitrogens with zero attached hydrogens (tertiary/aromatic N) is 2. The smallest absolute Gasteiger partial charge is 0.274 e. The second-order valence-electron chi connectivity index (χ2n) is 6.55. The molecule has 2 amide bonds. The quantitative estimate of drug-likeness (QED) is 0.272. The Bertz CT molecular complexity index is 1240. The number of aromatic hydroxyl groups is 1. The van der Waals surface area contributed by atoms with Crippen molar-refractivity contribution >= 4 is 41.0 Å². The van der Waals surface area contributed by atoms with Crippen molar-refractivity contribution in [1.29, 1.82) is 0 Å². The highest BCUT2D eigenvalue weighted by Crippen LogP contribution is 2.33. The fraction of sp³-hybridized carbons (Fsp3) is 0.0455. The molecule has 0 bridgehead atoms. The molecular formula is C22H17ClN4O6. The van der Waals surface area contributed by atoms with Gasteiger partial charge in [0.1, 0.15) is 0 Å². The summed E-state index contributed by atoms with van der Waals surface area (Å²) < 4.78 is 4.91. The first kappa shape index (κ1) is 23.2. The van der Waals surface area contributed by atoms with Crippen LogP contribution in [-0.4, -0.2) is 35.2 Å². The number of anilines is 1. The summed E-state index contributed by atoms with van der Waals surface area (Å²) in [7, 11) is 1.25. The summed E-state index contributed by atoms with van der Waals surface area (Å²) in [6.45, 7) is 0. The lowest BCUT2D eigenvalue weighted by Gasteiger charge is -2.07. The van der Waals surface area contributed by atoms with Crippen LogP contribution in [0.25, 0.3) is 0 Å². The molecule has 168 valence electrons.